The summed E-state index contributed by atoms with van der Waals surface area (Å²) in [4.78, 5) is 11.0. The molecule has 1 heterocycles. The maximum Gasteiger partial charge on any atom is 0.303 e. The monoisotopic (exact) mass is 395 g/mol. The summed E-state index contributed by atoms with van der Waals surface area (Å²) in [6, 6.07) is 27.7. The fraction of sp³-hybridized carbons (Fsp3) is 0.222. The number of carboxylic acid groups (broad SMARTS) is 1. The molecule has 0 spiro atoms. The zero-order valence-corrected chi connectivity index (χ0v) is 16.9. The van der Waals surface area contributed by atoms with Gasteiger partial charge in [-0.3, -0.25) is 4.79 Å². The van der Waals surface area contributed by atoms with E-state index in [2.05, 4.69) is 83.6 Å². The predicted octanol–water partition coefficient (Wildman–Crippen LogP) is 5.92. The Morgan fingerprint density at radius 1 is 0.933 bits per heavy atom. The minimum atomic E-state index is -0.752. The number of aliphatic carboxylic acids is 1. The van der Waals surface area contributed by atoms with Gasteiger partial charge in [-0.05, 0) is 72.1 Å². The van der Waals surface area contributed by atoms with Crippen LogP contribution in [0.25, 0.3) is 16.6 Å². The summed E-state index contributed by atoms with van der Waals surface area (Å²) in [6.45, 7) is 0. The van der Waals surface area contributed by atoms with E-state index in [0.717, 1.165) is 17.7 Å². The van der Waals surface area contributed by atoms with E-state index >= 15 is 0 Å². The van der Waals surface area contributed by atoms with Crippen LogP contribution in [0.1, 0.15) is 36.0 Å². The molecule has 5 rings (SSSR count). The molecule has 3 aromatic carbocycles. The second-order valence-electron chi connectivity index (χ2n) is 8.43. The van der Waals surface area contributed by atoms with Crippen LogP contribution >= 0.6 is 0 Å². The van der Waals surface area contributed by atoms with Gasteiger partial charge in [0, 0.05) is 23.7 Å². The number of benzene rings is 3. The molecule has 3 nitrogen and oxygen atoms in total. The molecule has 0 aliphatic heterocycles. The van der Waals surface area contributed by atoms with Crippen molar-refractivity contribution in [3.8, 4) is 5.69 Å². The molecule has 1 aromatic heterocycles. The minimum Gasteiger partial charge on any atom is -0.481 e. The van der Waals surface area contributed by atoms with Crippen molar-refractivity contribution in [1.29, 1.82) is 0 Å². The van der Waals surface area contributed by atoms with Gasteiger partial charge in [0.05, 0.1) is 5.52 Å². The van der Waals surface area contributed by atoms with Crippen molar-refractivity contribution in [2.24, 2.45) is 0 Å². The van der Waals surface area contributed by atoms with Gasteiger partial charge >= 0.3 is 5.97 Å². The zero-order valence-electron chi connectivity index (χ0n) is 16.9. The number of rotatable bonds is 7. The minimum absolute atomic E-state index is 0.161. The lowest BCUT2D eigenvalue weighted by molar-refractivity contribution is -0.136. The lowest BCUT2D eigenvalue weighted by Gasteiger charge is -2.15. The van der Waals surface area contributed by atoms with Crippen LogP contribution in [0.2, 0.25) is 0 Å². The summed E-state index contributed by atoms with van der Waals surface area (Å²) >= 11 is 0. The number of fused-ring (bicyclic) bond motifs is 1. The summed E-state index contributed by atoms with van der Waals surface area (Å²) in [7, 11) is 0. The maximum absolute atomic E-state index is 11.0. The molecule has 1 aliphatic rings. The standard InChI is InChI=1S/C27H25NO2/c29-26(30)14-12-20-11-13-25-24(17-20)21(19-28(25)23-9-5-2-6-10-23)18-27(15-16-27)22-7-3-1-4-8-22/h1-11,13,17,19H,12,14-16,18H2,(H,29,30). The number of hydrogen-bond acceptors (Lipinski definition) is 1. The van der Waals surface area contributed by atoms with Crippen LogP contribution < -0.4 is 0 Å². The van der Waals surface area contributed by atoms with Crippen molar-refractivity contribution in [1.82, 2.24) is 4.57 Å². The van der Waals surface area contributed by atoms with E-state index in [1.165, 1.54) is 34.9 Å². The number of carboxylic acids is 1. The van der Waals surface area contributed by atoms with Gasteiger partial charge in [0.25, 0.3) is 0 Å². The fourth-order valence-electron chi connectivity index (χ4n) is 4.57. The molecule has 1 aliphatic carbocycles. The molecular formula is C27H25NO2. The Bertz CT molecular complexity index is 1190. The second-order valence-corrected chi connectivity index (χ2v) is 8.43. The lowest BCUT2D eigenvalue weighted by Crippen LogP contribution is -2.10. The van der Waals surface area contributed by atoms with E-state index in [-0.39, 0.29) is 11.8 Å². The molecule has 0 atom stereocenters. The van der Waals surface area contributed by atoms with Crippen molar-refractivity contribution in [3.05, 3.63) is 102 Å². The molecule has 0 amide bonds. The van der Waals surface area contributed by atoms with E-state index in [4.69, 9.17) is 5.11 Å². The van der Waals surface area contributed by atoms with E-state index < -0.39 is 5.97 Å². The van der Waals surface area contributed by atoms with Gasteiger partial charge in [0.1, 0.15) is 0 Å². The third kappa shape index (κ3) is 3.52. The first-order chi connectivity index (χ1) is 14.6. The molecule has 1 N–H and O–H groups in total. The second kappa shape index (κ2) is 7.49. The molecule has 0 saturated heterocycles. The summed E-state index contributed by atoms with van der Waals surface area (Å²) in [6.07, 6.45) is 6.44. The Hall–Kier alpha value is -3.33. The Morgan fingerprint density at radius 3 is 2.30 bits per heavy atom. The number of hydrogen-bond donors (Lipinski definition) is 1. The van der Waals surface area contributed by atoms with Crippen LogP contribution in [0, 0.1) is 0 Å². The number of para-hydroxylation sites is 1. The van der Waals surface area contributed by atoms with Gasteiger partial charge in [-0.1, -0.05) is 54.6 Å². The maximum atomic E-state index is 11.0. The van der Waals surface area contributed by atoms with Crippen LogP contribution in [0.4, 0.5) is 0 Å². The van der Waals surface area contributed by atoms with Crippen molar-refractivity contribution < 1.29 is 9.90 Å². The molecule has 0 radical (unpaired) electrons. The van der Waals surface area contributed by atoms with E-state index in [1.54, 1.807) is 0 Å². The summed E-state index contributed by atoms with van der Waals surface area (Å²) in [5.41, 5.74) is 6.41. The van der Waals surface area contributed by atoms with Crippen molar-refractivity contribution in [2.45, 2.75) is 37.5 Å². The average molecular weight is 396 g/mol. The predicted molar refractivity (Wildman–Crippen MR) is 120 cm³/mol. The number of nitrogens with zero attached hydrogens (tertiary/aromatic N) is 1. The third-order valence-corrected chi connectivity index (χ3v) is 6.38. The van der Waals surface area contributed by atoms with Gasteiger partial charge in [0.2, 0.25) is 0 Å². The highest BCUT2D eigenvalue weighted by Crippen LogP contribution is 2.51. The van der Waals surface area contributed by atoms with E-state index in [1.807, 2.05) is 6.07 Å². The quantitative estimate of drug-likeness (QED) is 0.422. The Balaban J connectivity index is 1.59. The van der Waals surface area contributed by atoms with Crippen molar-refractivity contribution in [2.75, 3.05) is 0 Å². The molecule has 4 aromatic rings. The molecule has 3 heteroatoms. The number of carbonyl (C=O) groups is 1. The highest BCUT2D eigenvalue weighted by Gasteiger charge is 2.44. The SMILES string of the molecule is O=C(O)CCc1ccc2c(c1)c(CC1(c3ccccc3)CC1)cn2-c1ccccc1. The first-order valence-corrected chi connectivity index (χ1v) is 10.6. The van der Waals surface area contributed by atoms with Crippen molar-refractivity contribution >= 4 is 16.9 Å². The Labute approximate surface area is 176 Å². The first kappa shape index (κ1) is 18.7. The Kier molecular flexibility index (Phi) is 4.66. The molecule has 30 heavy (non-hydrogen) atoms. The first-order valence-electron chi connectivity index (χ1n) is 10.6. The van der Waals surface area contributed by atoms with Crippen LogP contribution in [0.3, 0.4) is 0 Å². The lowest BCUT2D eigenvalue weighted by atomic mass is 9.88. The number of aromatic nitrogens is 1. The molecule has 150 valence electrons. The van der Waals surface area contributed by atoms with Gasteiger partial charge in [-0.15, -0.1) is 0 Å². The van der Waals surface area contributed by atoms with Crippen LogP contribution in [-0.2, 0) is 23.1 Å². The largest absolute Gasteiger partial charge is 0.481 e. The normalized spacial score (nSPS) is 14.7. The zero-order chi connectivity index (χ0) is 20.6. The Morgan fingerprint density at radius 2 is 1.63 bits per heavy atom. The summed E-state index contributed by atoms with van der Waals surface area (Å²) < 4.78 is 2.27. The van der Waals surface area contributed by atoms with Crippen molar-refractivity contribution in [3.63, 3.8) is 0 Å². The van der Waals surface area contributed by atoms with Gasteiger partial charge in [0.15, 0.2) is 0 Å². The third-order valence-electron chi connectivity index (χ3n) is 6.38. The molecule has 1 fully saturated rings. The van der Waals surface area contributed by atoms with Gasteiger partial charge in [-0.2, -0.15) is 0 Å². The smallest absolute Gasteiger partial charge is 0.303 e. The molecule has 0 unspecified atom stereocenters. The summed E-state index contributed by atoms with van der Waals surface area (Å²) in [5.74, 6) is -0.752. The van der Waals surface area contributed by atoms with Crippen LogP contribution in [-0.4, -0.2) is 15.6 Å². The summed E-state index contributed by atoms with van der Waals surface area (Å²) in [5, 5.41) is 10.3. The molecule has 1 saturated carbocycles. The van der Waals surface area contributed by atoms with E-state index in [0.29, 0.717) is 6.42 Å². The molecular weight excluding hydrogens is 370 g/mol. The van der Waals surface area contributed by atoms with Crippen LogP contribution in [0.5, 0.6) is 0 Å². The topological polar surface area (TPSA) is 42.2 Å². The van der Waals surface area contributed by atoms with Crippen LogP contribution in [0.15, 0.2) is 85.1 Å². The van der Waals surface area contributed by atoms with Gasteiger partial charge < -0.3 is 9.67 Å². The number of aryl methyl sites for hydroxylation is 1. The fourth-order valence-corrected chi connectivity index (χ4v) is 4.57. The molecule has 0 bridgehead atoms. The van der Waals surface area contributed by atoms with E-state index in [9.17, 15) is 4.79 Å². The highest BCUT2D eigenvalue weighted by molar-refractivity contribution is 5.87. The van der Waals surface area contributed by atoms with Gasteiger partial charge in [-0.25, -0.2) is 0 Å². The highest BCUT2D eigenvalue weighted by atomic mass is 16.4. The average Bonchev–Trinajstić information content (AvgIpc) is 3.49.